The molecule has 0 saturated heterocycles. The molecule has 0 fully saturated rings. The van der Waals surface area contributed by atoms with E-state index in [0.717, 1.165) is 23.4 Å². The molecule has 188 valence electrons. The summed E-state index contributed by atoms with van der Waals surface area (Å²) in [4.78, 5) is 21.2. The maximum Gasteiger partial charge on any atom is 0.417 e. The lowest BCUT2D eigenvalue weighted by atomic mass is 9.87. The molecule has 1 N–H and O–H groups in total. The molecular weight excluding hydrogens is 493 g/mol. The molecule has 0 radical (unpaired) electrons. The van der Waals surface area contributed by atoms with E-state index in [1.165, 1.54) is 20.0 Å². The molecule has 6 nitrogen and oxygen atoms in total. The van der Waals surface area contributed by atoms with Crippen molar-refractivity contribution < 1.29 is 22.7 Å². The predicted molar refractivity (Wildman–Crippen MR) is 128 cm³/mol. The lowest BCUT2D eigenvalue weighted by Gasteiger charge is -2.30. The minimum Gasteiger partial charge on any atom is -0.462 e. The van der Waals surface area contributed by atoms with Crippen LogP contribution >= 0.6 is 11.6 Å². The summed E-state index contributed by atoms with van der Waals surface area (Å²) in [5, 5.41) is 12.8. The number of nitriles is 1. The summed E-state index contributed by atoms with van der Waals surface area (Å²) in [7, 11) is 0. The number of halogens is 4. The monoisotopic (exact) mass is 516 g/mol. The molecule has 1 aromatic carbocycles. The van der Waals surface area contributed by atoms with Crippen molar-refractivity contribution in [2.75, 3.05) is 0 Å². The Bertz CT molecular complexity index is 1240. The second kappa shape index (κ2) is 11.0. The zero-order valence-electron chi connectivity index (χ0n) is 19.8. The summed E-state index contributed by atoms with van der Waals surface area (Å²) in [6, 6.07) is 14.2. The Morgan fingerprint density at radius 1 is 1.14 bits per heavy atom. The Balaban J connectivity index is 1.79. The van der Waals surface area contributed by atoms with Gasteiger partial charge >= 0.3 is 6.18 Å². The highest BCUT2D eigenvalue weighted by Gasteiger charge is 2.34. The lowest BCUT2D eigenvalue weighted by Crippen LogP contribution is -2.51. The number of carbonyl (C=O) groups is 1. The summed E-state index contributed by atoms with van der Waals surface area (Å²) < 4.78 is 44.0. The fourth-order valence-electron chi connectivity index (χ4n) is 3.57. The molecule has 36 heavy (non-hydrogen) atoms. The quantitative estimate of drug-likeness (QED) is 0.414. The van der Waals surface area contributed by atoms with E-state index in [1.54, 1.807) is 30.3 Å². The van der Waals surface area contributed by atoms with Gasteiger partial charge in [0.15, 0.2) is 5.60 Å². The van der Waals surface area contributed by atoms with Gasteiger partial charge < -0.3 is 10.1 Å². The van der Waals surface area contributed by atoms with E-state index in [-0.39, 0.29) is 11.8 Å². The van der Waals surface area contributed by atoms with E-state index in [2.05, 4.69) is 21.4 Å². The normalized spacial score (nSPS) is 13.4. The summed E-state index contributed by atoms with van der Waals surface area (Å²) >= 11 is 5.95. The van der Waals surface area contributed by atoms with E-state index in [0.29, 0.717) is 23.2 Å². The van der Waals surface area contributed by atoms with Gasteiger partial charge in [-0.25, -0.2) is 4.98 Å². The highest BCUT2D eigenvalue weighted by Crippen LogP contribution is 2.30. The number of carbonyl (C=O) groups excluding carboxylic acids is 1. The second-order valence-electron chi connectivity index (χ2n) is 8.77. The van der Waals surface area contributed by atoms with Crippen LogP contribution < -0.4 is 10.1 Å². The molecule has 0 spiro atoms. The van der Waals surface area contributed by atoms with Crippen LogP contribution in [0.3, 0.4) is 0 Å². The number of nitrogens with zero attached hydrogens (tertiary/aromatic N) is 3. The van der Waals surface area contributed by atoms with Crippen LogP contribution in [-0.4, -0.2) is 27.5 Å². The first-order valence-corrected chi connectivity index (χ1v) is 11.4. The van der Waals surface area contributed by atoms with E-state index >= 15 is 0 Å². The minimum atomic E-state index is -4.52. The van der Waals surface area contributed by atoms with Crippen LogP contribution in [0.2, 0.25) is 5.02 Å². The van der Waals surface area contributed by atoms with Gasteiger partial charge in [0, 0.05) is 36.1 Å². The zero-order valence-corrected chi connectivity index (χ0v) is 20.6. The highest BCUT2D eigenvalue weighted by atomic mass is 35.5. The van der Waals surface area contributed by atoms with Crippen LogP contribution in [0, 0.1) is 11.3 Å². The van der Waals surface area contributed by atoms with Crippen molar-refractivity contribution in [2.24, 2.45) is 0 Å². The third-order valence-corrected chi connectivity index (χ3v) is 5.82. The number of nitrogens with one attached hydrogen (secondary N) is 1. The summed E-state index contributed by atoms with van der Waals surface area (Å²) in [5.74, 6) is -0.849. The molecule has 0 aliphatic heterocycles. The van der Waals surface area contributed by atoms with Crippen LogP contribution in [0.25, 0.3) is 0 Å². The summed E-state index contributed by atoms with van der Waals surface area (Å²) in [6.45, 7) is 4.82. The van der Waals surface area contributed by atoms with Crippen LogP contribution in [0.5, 0.6) is 5.88 Å². The van der Waals surface area contributed by atoms with Crippen molar-refractivity contribution in [3.63, 3.8) is 0 Å². The van der Waals surface area contributed by atoms with Gasteiger partial charge in [-0.05, 0) is 63.1 Å². The topological polar surface area (TPSA) is 87.9 Å². The first-order chi connectivity index (χ1) is 16.9. The number of hydrogen-bond acceptors (Lipinski definition) is 5. The van der Waals surface area contributed by atoms with Gasteiger partial charge in [-0.15, -0.1) is 0 Å². The molecule has 2 aromatic heterocycles. The van der Waals surface area contributed by atoms with E-state index in [4.69, 9.17) is 16.3 Å². The smallest absolute Gasteiger partial charge is 0.417 e. The van der Waals surface area contributed by atoms with Gasteiger partial charge in [0.25, 0.3) is 5.91 Å². The molecule has 0 saturated carbocycles. The number of amides is 1. The fourth-order valence-corrected chi connectivity index (χ4v) is 3.68. The van der Waals surface area contributed by atoms with Crippen molar-refractivity contribution >= 4 is 17.5 Å². The molecule has 1 amide bonds. The number of benzene rings is 1. The largest absolute Gasteiger partial charge is 0.462 e. The van der Waals surface area contributed by atoms with Gasteiger partial charge in [-0.1, -0.05) is 23.7 Å². The Kier molecular flexibility index (Phi) is 8.21. The number of pyridine rings is 2. The van der Waals surface area contributed by atoms with Gasteiger partial charge in [-0.3, -0.25) is 9.78 Å². The second-order valence-corrected chi connectivity index (χ2v) is 9.21. The maximum absolute atomic E-state index is 13.1. The number of alkyl halides is 3. The van der Waals surface area contributed by atoms with Crippen molar-refractivity contribution in [1.82, 2.24) is 15.3 Å². The fraction of sp³-hybridized carbons (Fsp3) is 0.308. The third kappa shape index (κ3) is 6.95. The zero-order chi connectivity index (χ0) is 26.5. The van der Waals surface area contributed by atoms with Crippen LogP contribution in [0.4, 0.5) is 13.2 Å². The SMILES string of the molecule is CC(NC(=O)C(C)(C)Oc1ccc(C(F)(F)F)cn1)C(Cc1ccc(Cl)cn1)c1cccc(C#N)c1. The standard InChI is InChI=1S/C26H24ClF3N4O2/c1-16(34-24(35)25(2,3)36-23-10-7-19(14-33-23)26(28,29)30)22(12-21-9-8-20(27)15-32-21)18-6-4-5-17(11-18)13-31/h4-11,14-16,22H,12H2,1-3H3,(H,34,35). The van der Waals surface area contributed by atoms with Gasteiger partial charge in [-0.2, -0.15) is 18.4 Å². The molecule has 10 heteroatoms. The molecule has 3 aromatic rings. The summed E-state index contributed by atoms with van der Waals surface area (Å²) in [6.07, 6.45) is -1.87. The molecule has 0 bridgehead atoms. The van der Waals surface area contributed by atoms with Crippen molar-refractivity contribution in [1.29, 1.82) is 5.26 Å². The number of hydrogen-bond donors (Lipinski definition) is 1. The molecule has 0 aliphatic carbocycles. The predicted octanol–water partition coefficient (Wildman–Crippen LogP) is 5.71. The number of aromatic nitrogens is 2. The Labute approximate surface area is 212 Å². The molecule has 2 atom stereocenters. The van der Waals surface area contributed by atoms with Crippen molar-refractivity contribution in [3.05, 3.63) is 88.3 Å². The van der Waals surface area contributed by atoms with Crippen molar-refractivity contribution in [3.8, 4) is 11.9 Å². The maximum atomic E-state index is 13.1. The minimum absolute atomic E-state index is 0.112. The average molecular weight is 517 g/mol. The molecule has 0 aliphatic rings. The first kappa shape index (κ1) is 27.0. The molecule has 2 unspecified atom stereocenters. The van der Waals surface area contributed by atoms with E-state index < -0.39 is 29.3 Å². The molecular formula is C26H24ClF3N4O2. The highest BCUT2D eigenvalue weighted by molar-refractivity contribution is 6.30. The first-order valence-electron chi connectivity index (χ1n) is 11.0. The number of rotatable bonds is 8. The van der Waals surface area contributed by atoms with Crippen LogP contribution in [0.1, 0.15) is 49.1 Å². The van der Waals surface area contributed by atoms with Gasteiger partial charge in [0.05, 0.1) is 22.2 Å². The Morgan fingerprint density at radius 2 is 1.89 bits per heavy atom. The van der Waals surface area contributed by atoms with E-state index in [1.807, 2.05) is 13.0 Å². The van der Waals surface area contributed by atoms with Crippen LogP contribution in [0.15, 0.2) is 60.9 Å². The van der Waals surface area contributed by atoms with Crippen LogP contribution in [-0.2, 0) is 17.4 Å². The molecule has 3 rings (SSSR count). The average Bonchev–Trinajstić information content (AvgIpc) is 2.83. The van der Waals surface area contributed by atoms with Gasteiger partial charge in [0.1, 0.15) is 0 Å². The Morgan fingerprint density at radius 3 is 2.47 bits per heavy atom. The van der Waals surface area contributed by atoms with Crippen molar-refractivity contribution in [2.45, 2.75) is 50.9 Å². The Hall–Kier alpha value is -3.64. The van der Waals surface area contributed by atoms with E-state index in [9.17, 15) is 23.2 Å². The third-order valence-electron chi connectivity index (χ3n) is 5.59. The number of ether oxygens (including phenoxy) is 1. The van der Waals surface area contributed by atoms with Gasteiger partial charge in [0.2, 0.25) is 5.88 Å². The summed E-state index contributed by atoms with van der Waals surface area (Å²) in [5.41, 5.74) is -0.279. The lowest BCUT2D eigenvalue weighted by molar-refractivity contribution is -0.138. The molecule has 2 heterocycles.